The molecule has 0 spiro atoms. The number of carbonyl (C=O) groups excluding carboxylic acids is 1. The molecule has 0 aliphatic heterocycles. The summed E-state index contributed by atoms with van der Waals surface area (Å²) >= 11 is 0. The van der Waals surface area contributed by atoms with Crippen molar-refractivity contribution in [2.75, 3.05) is 0 Å². The zero-order chi connectivity index (χ0) is 13.1. The fourth-order valence-corrected chi connectivity index (χ4v) is 3.28. The number of rotatable bonds is 4. The van der Waals surface area contributed by atoms with Gasteiger partial charge >= 0.3 is 0 Å². The van der Waals surface area contributed by atoms with Crippen molar-refractivity contribution in [2.45, 2.75) is 78.7 Å². The highest BCUT2D eigenvalue weighted by Gasteiger charge is 2.28. The first-order chi connectivity index (χ1) is 7.68. The molecule has 1 aliphatic rings. The van der Waals surface area contributed by atoms with Gasteiger partial charge in [-0.1, -0.05) is 33.6 Å². The maximum Gasteiger partial charge on any atom is 0.220 e. The highest BCUT2D eigenvalue weighted by Crippen LogP contribution is 2.29. The van der Waals surface area contributed by atoms with Crippen LogP contribution in [0, 0.1) is 11.3 Å². The van der Waals surface area contributed by atoms with Gasteiger partial charge in [-0.25, -0.2) is 0 Å². The molecule has 0 radical (unpaired) electrons. The van der Waals surface area contributed by atoms with Gasteiger partial charge in [-0.2, -0.15) is 0 Å². The molecule has 0 aromatic rings. The molecular formula is C15H29NO. The lowest BCUT2D eigenvalue weighted by molar-refractivity contribution is -0.123. The van der Waals surface area contributed by atoms with E-state index in [1.165, 1.54) is 25.7 Å². The van der Waals surface area contributed by atoms with Gasteiger partial charge in [0.15, 0.2) is 0 Å². The van der Waals surface area contributed by atoms with Crippen molar-refractivity contribution in [2.24, 2.45) is 11.3 Å². The largest absolute Gasteiger partial charge is 0.351 e. The van der Waals surface area contributed by atoms with Crippen LogP contribution in [0.15, 0.2) is 0 Å². The molecule has 1 rings (SSSR count). The fourth-order valence-electron chi connectivity index (χ4n) is 3.28. The van der Waals surface area contributed by atoms with Gasteiger partial charge in [0.2, 0.25) is 5.91 Å². The number of amides is 1. The minimum Gasteiger partial charge on any atom is -0.351 e. The molecule has 2 nitrogen and oxygen atoms in total. The van der Waals surface area contributed by atoms with E-state index in [1.807, 2.05) is 0 Å². The van der Waals surface area contributed by atoms with Crippen LogP contribution in [0.3, 0.4) is 0 Å². The summed E-state index contributed by atoms with van der Waals surface area (Å²) in [6.45, 7) is 10.9. The Morgan fingerprint density at radius 3 is 2.12 bits per heavy atom. The van der Waals surface area contributed by atoms with E-state index in [-0.39, 0.29) is 16.9 Å². The monoisotopic (exact) mass is 239 g/mol. The van der Waals surface area contributed by atoms with E-state index >= 15 is 0 Å². The third-order valence-corrected chi connectivity index (χ3v) is 3.40. The molecule has 0 aromatic carbocycles. The van der Waals surface area contributed by atoms with E-state index in [2.05, 4.69) is 39.9 Å². The summed E-state index contributed by atoms with van der Waals surface area (Å²) in [4.78, 5) is 12.0. The Kier molecular flexibility index (Phi) is 4.62. The first-order valence-corrected chi connectivity index (χ1v) is 6.99. The van der Waals surface area contributed by atoms with Crippen molar-refractivity contribution in [3.05, 3.63) is 0 Å². The molecule has 0 unspecified atom stereocenters. The average molecular weight is 239 g/mol. The van der Waals surface area contributed by atoms with E-state index in [9.17, 15) is 4.79 Å². The van der Waals surface area contributed by atoms with Crippen LogP contribution in [-0.2, 0) is 4.79 Å². The van der Waals surface area contributed by atoms with Gasteiger partial charge in [0.25, 0.3) is 0 Å². The Labute approximate surface area is 107 Å². The quantitative estimate of drug-likeness (QED) is 0.792. The first kappa shape index (κ1) is 14.5. The summed E-state index contributed by atoms with van der Waals surface area (Å²) in [7, 11) is 0. The van der Waals surface area contributed by atoms with Gasteiger partial charge in [-0.05, 0) is 44.4 Å². The summed E-state index contributed by atoms with van der Waals surface area (Å²) in [5, 5.41) is 3.20. The number of carbonyl (C=O) groups is 1. The third-order valence-electron chi connectivity index (χ3n) is 3.40. The number of hydrogen-bond donors (Lipinski definition) is 1. The Morgan fingerprint density at radius 1 is 1.12 bits per heavy atom. The van der Waals surface area contributed by atoms with E-state index in [0.717, 1.165) is 12.8 Å². The van der Waals surface area contributed by atoms with Crippen LogP contribution >= 0.6 is 0 Å². The molecule has 1 saturated carbocycles. The molecule has 1 N–H and O–H groups in total. The number of nitrogens with one attached hydrogen (secondary N) is 1. The Bertz CT molecular complexity index is 257. The second kappa shape index (κ2) is 5.41. The Balaban J connectivity index is 2.38. The molecule has 0 saturated heterocycles. The van der Waals surface area contributed by atoms with Crippen molar-refractivity contribution < 1.29 is 4.79 Å². The summed E-state index contributed by atoms with van der Waals surface area (Å²) in [5.74, 6) is 0.881. The van der Waals surface area contributed by atoms with Crippen LogP contribution in [0.2, 0.25) is 0 Å². The SMILES string of the molecule is CC(C)(C)CC(C)(C)NC(=O)CC1CCCC1. The lowest BCUT2D eigenvalue weighted by Gasteiger charge is -2.33. The molecule has 0 atom stereocenters. The van der Waals surface area contributed by atoms with Gasteiger partial charge in [0.05, 0.1) is 0 Å². The van der Waals surface area contributed by atoms with Gasteiger partial charge in [-0.15, -0.1) is 0 Å². The van der Waals surface area contributed by atoms with Crippen LogP contribution in [0.5, 0.6) is 0 Å². The normalized spacial score (nSPS) is 18.4. The van der Waals surface area contributed by atoms with Crippen LogP contribution in [0.1, 0.15) is 73.1 Å². The summed E-state index contributed by atoms with van der Waals surface area (Å²) in [6.07, 6.45) is 6.84. The predicted molar refractivity (Wildman–Crippen MR) is 72.9 cm³/mol. The van der Waals surface area contributed by atoms with Crippen LogP contribution in [0.4, 0.5) is 0 Å². The van der Waals surface area contributed by atoms with Crippen molar-refractivity contribution >= 4 is 5.91 Å². The van der Waals surface area contributed by atoms with E-state index in [1.54, 1.807) is 0 Å². The maximum atomic E-state index is 12.0. The highest BCUT2D eigenvalue weighted by molar-refractivity contribution is 5.77. The van der Waals surface area contributed by atoms with Crippen molar-refractivity contribution in [3.63, 3.8) is 0 Å². The minimum atomic E-state index is -0.0893. The standard InChI is InChI=1S/C15H29NO/c1-14(2,3)11-15(4,5)16-13(17)10-12-8-6-7-9-12/h12H,6-11H2,1-5H3,(H,16,17). The fraction of sp³-hybridized carbons (Fsp3) is 0.933. The summed E-state index contributed by atoms with van der Waals surface area (Å²) in [5.41, 5.74) is 0.165. The van der Waals surface area contributed by atoms with Crippen LogP contribution < -0.4 is 5.32 Å². The van der Waals surface area contributed by atoms with Crippen molar-refractivity contribution in [3.8, 4) is 0 Å². The molecule has 2 heteroatoms. The van der Waals surface area contributed by atoms with Crippen LogP contribution in [0.25, 0.3) is 0 Å². The molecule has 0 bridgehead atoms. The Hall–Kier alpha value is -0.530. The highest BCUT2D eigenvalue weighted by atomic mass is 16.1. The topological polar surface area (TPSA) is 29.1 Å². The minimum absolute atomic E-state index is 0.0893. The lowest BCUT2D eigenvalue weighted by atomic mass is 9.81. The molecule has 1 fully saturated rings. The average Bonchev–Trinajstić information content (AvgIpc) is 2.49. The molecule has 100 valence electrons. The van der Waals surface area contributed by atoms with Gasteiger partial charge in [0, 0.05) is 12.0 Å². The van der Waals surface area contributed by atoms with Gasteiger partial charge in [-0.3, -0.25) is 4.79 Å². The molecule has 0 heterocycles. The first-order valence-electron chi connectivity index (χ1n) is 6.99. The van der Waals surface area contributed by atoms with Crippen LogP contribution in [-0.4, -0.2) is 11.4 Å². The second-order valence-electron chi connectivity index (χ2n) is 7.52. The maximum absolute atomic E-state index is 12.0. The van der Waals surface area contributed by atoms with E-state index in [0.29, 0.717) is 5.92 Å². The molecular weight excluding hydrogens is 210 g/mol. The molecule has 1 aliphatic carbocycles. The van der Waals surface area contributed by atoms with Gasteiger partial charge < -0.3 is 5.32 Å². The van der Waals surface area contributed by atoms with Gasteiger partial charge in [0.1, 0.15) is 0 Å². The predicted octanol–water partition coefficient (Wildman–Crippen LogP) is 3.90. The van der Waals surface area contributed by atoms with E-state index < -0.39 is 0 Å². The van der Waals surface area contributed by atoms with E-state index in [4.69, 9.17) is 0 Å². The lowest BCUT2D eigenvalue weighted by Crippen LogP contribution is -2.46. The smallest absolute Gasteiger partial charge is 0.220 e. The zero-order valence-electron chi connectivity index (χ0n) is 12.2. The van der Waals surface area contributed by atoms with Crippen molar-refractivity contribution in [1.29, 1.82) is 0 Å². The Morgan fingerprint density at radius 2 is 1.65 bits per heavy atom. The molecule has 1 amide bonds. The molecule has 17 heavy (non-hydrogen) atoms. The zero-order valence-corrected chi connectivity index (χ0v) is 12.2. The third kappa shape index (κ3) is 6.09. The second-order valence-corrected chi connectivity index (χ2v) is 7.52. The number of hydrogen-bond acceptors (Lipinski definition) is 1. The van der Waals surface area contributed by atoms with Crippen molar-refractivity contribution in [1.82, 2.24) is 5.32 Å². The molecule has 0 aromatic heterocycles. The summed E-state index contributed by atoms with van der Waals surface area (Å²) < 4.78 is 0. The summed E-state index contributed by atoms with van der Waals surface area (Å²) in [6, 6.07) is 0.